The number of fused-ring (bicyclic) bond motifs is 2. The number of thiophene rings is 1. The van der Waals surface area contributed by atoms with Crippen molar-refractivity contribution in [1.82, 2.24) is 14.9 Å². The number of halogens is 1. The number of likely N-dealkylation sites (tertiary alicyclic amines) is 1. The van der Waals surface area contributed by atoms with E-state index in [1.807, 2.05) is 0 Å². The lowest BCUT2D eigenvalue weighted by Crippen LogP contribution is -2.45. The van der Waals surface area contributed by atoms with Gasteiger partial charge >= 0.3 is 0 Å². The SMILES string of the molecule is Cl.NC1CCC2CN(C(=O)C3CCCN(c4ncnc5sccc45)C3)CC12. The predicted octanol–water partition coefficient (Wildman–Crippen LogP) is 2.53. The van der Waals surface area contributed by atoms with E-state index < -0.39 is 0 Å². The maximum absolute atomic E-state index is 13.2. The fraction of sp³-hybridized carbons (Fsp3) is 0.632. The summed E-state index contributed by atoms with van der Waals surface area (Å²) in [5, 5.41) is 3.16. The number of hydrogen-bond acceptors (Lipinski definition) is 6. The Morgan fingerprint density at radius 1 is 1.19 bits per heavy atom. The highest BCUT2D eigenvalue weighted by Gasteiger charge is 2.44. The van der Waals surface area contributed by atoms with Gasteiger partial charge in [0.1, 0.15) is 17.0 Å². The molecule has 0 spiro atoms. The quantitative estimate of drug-likeness (QED) is 0.827. The number of carbonyl (C=O) groups excluding carboxylic acids is 1. The molecule has 6 nitrogen and oxygen atoms in total. The summed E-state index contributed by atoms with van der Waals surface area (Å²) in [7, 11) is 0. The number of piperidine rings is 1. The zero-order valence-corrected chi connectivity index (χ0v) is 16.9. The van der Waals surface area contributed by atoms with E-state index in [0.717, 1.165) is 61.5 Å². The summed E-state index contributed by atoms with van der Waals surface area (Å²) in [6.45, 7) is 3.50. The van der Waals surface area contributed by atoms with Gasteiger partial charge in [0, 0.05) is 32.2 Å². The van der Waals surface area contributed by atoms with E-state index in [1.54, 1.807) is 17.7 Å². The number of amides is 1. The summed E-state index contributed by atoms with van der Waals surface area (Å²) in [5.74, 6) is 2.52. The van der Waals surface area contributed by atoms with Crippen molar-refractivity contribution in [3.05, 3.63) is 17.8 Å². The van der Waals surface area contributed by atoms with Crippen LogP contribution in [0.25, 0.3) is 10.2 Å². The summed E-state index contributed by atoms with van der Waals surface area (Å²) >= 11 is 1.64. The average molecular weight is 408 g/mol. The van der Waals surface area contributed by atoms with Crippen LogP contribution in [-0.2, 0) is 4.79 Å². The van der Waals surface area contributed by atoms with Gasteiger partial charge in [0.05, 0.1) is 11.3 Å². The van der Waals surface area contributed by atoms with E-state index in [-0.39, 0.29) is 24.4 Å². The van der Waals surface area contributed by atoms with Crippen LogP contribution in [0.4, 0.5) is 5.82 Å². The first-order chi connectivity index (χ1) is 12.7. The third-order valence-corrected chi connectivity index (χ3v) is 7.36. The highest BCUT2D eigenvalue weighted by Crippen LogP contribution is 2.38. The number of rotatable bonds is 2. The van der Waals surface area contributed by atoms with Crippen LogP contribution in [0.3, 0.4) is 0 Å². The molecule has 146 valence electrons. The second-order valence-corrected chi connectivity index (χ2v) is 8.92. The number of carbonyl (C=O) groups is 1. The second-order valence-electron chi connectivity index (χ2n) is 8.03. The fourth-order valence-corrected chi connectivity index (χ4v) is 5.87. The van der Waals surface area contributed by atoms with Gasteiger partial charge in [-0.15, -0.1) is 23.7 Å². The molecule has 2 aliphatic heterocycles. The van der Waals surface area contributed by atoms with Crippen molar-refractivity contribution in [3.8, 4) is 0 Å². The van der Waals surface area contributed by atoms with Crippen molar-refractivity contribution in [2.45, 2.75) is 31.7 Å². The summed E-state index contributed by atoms with van der Waals surface area (Å²) in [6, 6.07) is 2.37. The maximum atomic E-state index is 13.2. The summed E-state index contributed by atoms with van der Waals surface area (Å²) < 4.78 is 0. The van der Waals surface area contributed by atoms with E-state index >= 15 is 0 Å². The van der Waals surface area contributed by atoms with E-state index in [0.29, 0.717) is 17.7 Å². The molecular formula is C19H26ClN5OS. The third-order valence-electron chi connectivity index (χ3n) is 6.53. The summed E-state index contributed by atoms with van der Waals surface area (Å²) in [6.07, 6.45) is 5.96. The van der Waals surface area contributed by atoms with Gasteiger partial charge in [0.15, 0.2) is 0 Å². The maximum Gasteiger partial charge on any atom is 0.227 e. The van der Waals surface area contributed by atoms with E-state index in [1.165, 1.54) is 6.42 Å². The van der Waals surface area contributed by atoms with Crippen LogP contribution in [0.15, 0.2) is 17.8 Å². The highest BCUT2D eigenvalue weighted by molar-refractivity contribution is 7.16. The van der Waals surface area contributed by atoms with Crippen LogP contribution in [0.2, 0.25) is 0 Å². The van der Waals surface area contributed by atoms with Crippen LogP contribution in [0.1, 0.15) is 25.7 Å². The van der Waals surface area contributed by atoms with E-state index in [4.69, 9.17) is 5.73 Å². The van der Waals surface area contributed by atoms with Crippen LogP contribution in [-0.4, -0.2) is 53.0 Å². The average Bonchev–Trinajstić information content (AvgIpc) is 3.38. The van der Waals surface area contributed by atoms with Gasteiger partial charge in [-0.05, 0) is 49.0 Å². The van der Waals surface area contributed by atoms with Gasteiger partial charge in [0.2, 0.25) is 5.91 Å². The minimum absolute atomic E-state index is 0. The van der Waals surface area contributed by atoms with Gasteiger partial charge < -0.3 is 15.5 Å². The molecule has 4 unspecified atom stereocenters. The molecule has 1 saturated carbocycles. The van der Waals surface area contributed by atoms with Gasteiger partial charge in [-0.1, -0.05) is 0 Å². The highest BCUT2D eigenvalue weighted by atomic mass is 35.5. The standard InChI is InChI=1S/C19H25N5OS.ClH/c20-16-4-3-12-8-24(10-15(12)16)19(25)13-2-1-6-23(9-13)17-14-5-7-26-18(14)22-11-21-17;/h5,7,11-13,15-16H,1-4,6,8-10,20H2;1H. The Labute approximate surface area is 169 Å². The lowest BCUT2D eigenvalue weighted by molar-refractivity contribution is -0.135. The predicted molar refractivity (Wildman–Crippen MR) is 110 cm³/mol. The zero-order valence-electron chi connectivity index (χ0n) is 15.3. The van der Waals surface area contributed by atoms with Crippen LogP contribution in [0.5, 0.6) is 0 Å². The first kappa shape index (κ1) is 18.9. The smallest absolute Gasteiger partial charge is 0.227 e. The molecule has 5 rings (SSSR count). The normalized spacial score (nSPS) is 30.4. The van der Waals surface area contributed by atoms with Gasteiger partial charge in [-0.25, -0.2) is 9.97 Å². The van der Waals surface area contributed by atoms with Gasteiger partial charge in [-0.2, -0.15) is 0 Å². The third kappa shape index (κ3) is 3.30. The largest absolute Gasteiger partial charge is 0.355 e. The van der Waals surface area contributed by atoms with E-state index in [9.17, 15) is 4.79 Å². The first-order valence-electron chi connectivity index (χ1n) is 9.68. The zero-order chi connectivity index (χ0) is 17.7. The van der Waals surface area contributed by atoms with Crippen LogP contribution >= 0.6 is 23.7 Å². The van der Waals surface area contributed by atoms with Crippen molar-refractivity contribution in [2.24, 2.45) is 23.5 Å². The van der Waals surface area contributed by atoms with Crippen molar-refractivity contribution >= 4 is 45.7 Å². The monoisotopic (exact) mass is 407 g/mol. The topological polar surface area (TPSA) is 75.3 Å². The molecule has 27 heavy (non-hydrogen) atoms. The molecule has 1 aliphatic carbocycles. The Hall–Kier alpha value is -1.44. The Kier molecular flexibility index (Phi) is 5.27. The molecule has 0 radical (unpaired) electrons. The second kappa shape index (κ2) is 7.53. The first-order valence-corrected chi connectivity index (χ1v) is 10.6. The molecule has 3 aliphatic rings. The number of nitrogens with zero attached hydrogens (tertiary/aromatic N) is 4. The molecule has 4 atom stereocenters. The van der Waals surface area contributed by atoms with E-state index in [2.05, 4.69) is 31.2 Å². The Balaban J connectivity index is 0.00000180. The lowest BCUT2D eigenvalue weighted by atomic mass is 9.96. The Morgan fingerprint density at radius 2 is 2.07 bits per heavy atom. The molecule has 2 aromatic rings. The molecule has 0 aromatic carbocycles. The summed E-state index contributed by atoms with van der Waals surface area (Å²) in [5.41, 5.74) is 6.24. The Morgan fingerprint density at radius 3 is 2.93 bits per heavy atom. The van der Waals surface area contributed by atoms with Crippen molar-refractivity contribution in [1.29, 1.82) is 0 Å². The molecule has 4 heterocycles. The minimum atomic E-state index is 0. The molecule has 2 aromatic heterocycles. The lowest BCUT2D eigenvalue weighted by Gasteiger charge is -2.35. The molecule has 2 saturated heterocycles. The molecule has 2 N–H and O–H groups in total. The number of anilines is 1. The Bertz CT molecular complexity index is 829. The van der Waals surface area contributed by atoms with Crippen LogP contribution in [0, 0.1) is 17.8 Å². The number of aromatic nitrogens is 2. The molecule has 1 amide bonds. The van der Waals surface area contributed by atoms with Gasteiger partial charge in [-0.3, -0.25) is 4.79 Å². The number of nitrogens with two attached hydrogens (primary N) is 1. The van der Waals surface area contributed by atoms with Crippen molar-refractivity contribution < 1.29 is 4.79 Å². The minimum Gasteiger partial charge on any atom is -0.355 e. The molecular weight excluding hydrogens is 382 g/mol. The molecule has 3 fully saturated rings. The summed E-state index contributed by atoms with van der Waals surface area (Å²) in [4.78, 5) is 27.4. The van der Waals surface area contributed by atoms with Gasteiger partial charge in [0.25, 0.3) is 0 Å². The van der Waals surface area contributed by atoms with Crippen molar-refractivity contribution in [3.63, 3.8) is 0 Å². The van der Waals surface area contributed by atoms with Crippen LogP contribution < -0.4 is 10.6 Å². The van der Waals surface area contributed by atoms with Crippen molar-refractivity contribution in [2.75, 3.05) is 31.1 Å². The molecule has 0 bridgehead atoms. The number of hydrogen-bond donors (Lipinski definition) is 1. The fourth-order valence-electron chi connectivity index (χ4n) is 5.15. The molecule has 8 heteroatoms.